The zero-order valence-corrected chi connectivity index (χ0v) is 16.3. The fraction of sp³-hybridized carbons (Fsp3) is 0.190. The van der Waals surface area contributed by atoms with E-state index in [0.29, 0.717) is 28.7 Å². The molecule has 0 unspecified atom stereocenters. The van der Waals surface area contributed by atoms with Gasteiger partial charge in [0.1, 0.15) is 5.76 Å². The van der Waals surface area contributed by atoms with Crippen LogP contribution >= 0.6 is 0 Å². The molecular formula is C21H21N5O3. The van der Waals surface area contributed by atoms with Crippen LogP contribution in [0.2, 0.25) is 0 Å². The number of nitrogens with two attached hydrogens (primary N) is 1. The van der Waals surface area contributed by atoms with E-state index in [-0.39, 0.29) is 5.41 Å². The van der Waals surface area contributed by atoms with E-state index >= 15 is 0 Å². The summed E-state index contributed by atoms with van der Waals surface area (Å²) in [5.41, 5.74) is 8.85. The number of aromatic nitrogens is 2. The molecule has 0 radical (unpaired) electrons. The number of carbonyl (C=O) groups excluding carboxylic acids is 1. The fourth-order valence-corrected chi connectivity index (χ4v) is 2.96. The first-order valence-corrected chi connectivity index (χ1v) is 9.11. The quantitative estimate of drug-likeness (QED) is 0.452. The van der Waals surface area contributed by atoms with Gasteiger partial charge in [0.15, 0.2) is 17.2 Å². The molecule has 0 saturated carbocycles. The van der Waals surface area contributed by atoms with Crippen LogP contribution in [-0.2, 0) is 5.41 Å². The number of urea groups is 1. The van der Waals surface area contributed by atoms with Crippen molar-refractivity contribution >= 4 is 34.3 Å². The molecule has 0 aliphatic carbocycles. The van der Waals surface area contributed by atoms with Crippen molar-refractivity contribution in [3.63, 3.8) is 0 Å². The first kappa shape index (κ1) is 18.5. The molecule has 0 aliphatic heterocycles. The number of rotatable bonds is 3. The largest absolute Gasteiger partial charge is 0.380 e. The lowest BCUT2D eigenvalue weighted by molar-refractivity contribution is 0.262. The number of benzene rings is 2. The van der Waals surface area contributed by atoms with Gasteiger partial charge in [0.05, 0.1) is 5.39 Å². The SMILES string of the molecule is CC(C)(C)c1cc(NC(=O)Nc2ccc(-c3cccc4onc(N)c34)cc2)no1. The maximum absolute atomic E-state index is 12.2. The second-order valence-corrected chi connectivity index (χ2v) is 7.73. The molecule has 2 aromatic carbocycles. The van der Waals surface area contributed by atoms with Crippen LogP contribution < -0.4 is 16.4 Å². The van der Waals surface area contributed by atoms with Gasteiger partial charge in [-0.05, 0) is 29.3 Å². The lowest BCUT2D eigenvalue weighted by atomic mass is 9.93. The van der Waals surface area contributed by atoms with E-state index in [0.717, 1.165) is 16.5 Å². The monoisotopic (exact) mass is 391 g/mol. The molecule has 0 saturated heterocycles. The Kier molecular flexibility index (Phi) is 4.46. The molecule has 2 aromatic heterocycles. The molecule has 4 N–H and O–H groups in total. The highest BCUT2D eigenvalue weighted by Gasteiger charge is 2.20. The Morgan fingerprint density at radius 3 is 2.45 bits per heavy atom. The van der Waals surface area contributed by atoms with Crippen LogP contribution in [0, 0.1) is 0 Å². The molecule has 0 spiro atoms. The van der Waals surface area contributed by atoms with Crippen LogP contribution in [0.1, 0.15) is 26.5 Å². The lowest BCUT2D eigenvalue weighted by Crippen LogP contribution is -2.19. The Morgan fingerprint density at radius 2 is 1.76 bits per heavy atom. The maximum atomic E-state index is 12.2. The number of nitrogens with zero attached hydrogens (tertiary/aromatic N) is 2. The minimum absolute atomic E-state index is 0.185. The minimum atomic E-state index is -0.406. The average Bonchev–Trinajstić information content (AvgIpc) is 3.29. The third kappa shape index (κ3) is 3.77. The summed E-state index contributed by atoms with van der Waals surface area (Å²) in [6.07, 6.45) is 0. The Morgan fingerprint density at radius 1 is 1.00 bits per heavy atom. The van der Waals surface area contributed by atoms with E-state index in [9.17, 15) is 4.79 Å². The molecule has 0 bridgehead atoms. The van der Waals surface area contributed by atoms with E-state index in [4.69, 9.17) is 14.8 Å². The Labute approximate surface area is 167 Å². The Hall–Kier alpha value is -3.81. The summed E-state index contributed by atoms with van der Waals surface area (Å²) < 4.78 is 10.5. The minimum Gasteiger partial charge on any atom is -0.380 e. The zero-order valence-electron chi connectivity index (χ0n) is 16.3. The molecule has 0 fully saturated rings. The van der Waals surface area contributed by atoms with Crippen molar-refractivity contribution in [3.05, 3.63) is 54.3 Å². The van der Waals surface area contributed by atoms with Crippen LogP contribution in [-0.4, -0.2) is 16.3 Å². The average molecular weight is 391 g/mol. The van der Waals surface area contributed by atoms with Gasteiger partial charge in [-0.3, -0.25) is 5.32 Å². The van der Waals surface area contributed by atoms with E-state index in [1.165, 1.54) is 0 Å². The van der Waals surface area contributed by atoms with Gasteiger partial charge in [0.2, 0.25) is 0 Å². The second kappa shape index (κ2) is 6.97. The predicted molar refractivity (Wildman–Crippen MR) is 112 cm³/mol. The molecule has 29 heavy (non-hydrogen) atoms. The smallest absolute Gasteiger partial charge is 0.324 e. The molecule has 4 rings (SSSR count). The highest BCUT2D eigenvalue weighted by Crippen LogP contribution is 2.33. The number of nitrogens with one attached hydrogen (secondary N) is 2. The van der Waals surface area contributed by atoms with Crippen LogP contribution in [0.5, 0.6) is 0 Å². The summed E-state index contributed by atoms with van der Waals surface area (Å²) >= 11 is 0. The number of nitrogen functional groups attached to an aromatic ring is 1. The number of hydrogen-bond donors (Lipinski definition) is 3. The highest BCUT2D eigenvalue weighted by atomic mass is 16.5. The third-order valence-electron chi connectivity index (χ3n) is 4.47. The van der Waals surface area contributed by atoms with Gasteiger partial charge in [0.25, 0.3) is 0 Å². The second-order valence-electron chi connectivity index (χ2n) is 7.73. The van der Waals surface area contributed by atoms with Crippen LogP contribution in [0.15, 0.2) is 57.6 Å². The van der Waals surface area contributed by atoms with E-state index in [2.05, 4.69) is 20.9 Å². The van der Waals surface area contributed by atoms with Gasteiger partial charge < -0.3 is 20.1 Å². The van der Waals surface area contributed by atoms with Gasteiger partial charge in [-0.25, -0.2) is 4.79 Å². The van der Waals surface area contributed by atoms with Gasteiger partial charge in [-0.1, -0.05) is 55.4 Å². The highest BCUT2D eigenvalue weighted by molar-refractivity contribution is 6.01. The van der Waals surface area contributed by atoms with Crippen LogP contribution in [0.3, 0.4) is 0 Å². The number of anilines is 3. The van der Waals surface area contributed by atoms with E-state index < -0.39 is 6.03 Å². The van der Waals surface area contributed by atoms with E-state index in [1.54, 1.807) is 18.2 Å². The number of amides is 2. The van der Waals surface area contributed by atoms with Gasteiger partial charge in [0, 0.05) is 17.2 Å². The molecule has 4 aromatic rings. The molecule has 8 nitrogen and oxygen atoms in total. The van der Waals surface area contributed by atoms with Crippen molar-refractivity contribution < 1.29 is 13.8 Å². The third-order valence-corrected chi connectivity index (χ3v) is 4.47. The molecule has 2 amide bonds. The number of hydrogen-bond acceptors (Lipinski definition) is 6. The molecule has 8 heteroatoms. The summed E-state index contributed by atoms with van der Waals surface area (Å²) in [5.74, 6) is 1.40. The van der Waals surface area contributed by atoms with Crippen molar-refractivity contribution in [1.29, 1.82) is 0 Å². The van der Waals surface area contributed by atoms with E-state index in [1.807, 2.05) is 51.1 Å². The number of fused-ring (bicyclic) bond motifs is 1. The topological polar surface area (TPSA) is 119 Å². The zero-order chi connectivity index (χ0) is 20.6. The summed E-state index contributed by atoms with van der Waals surface area (Å²) in [5, 5.41) is 13.9. The number of carbonyl (C=O) groups is 1. The van der Waals surface area contributed by atoms with Crippen molar-refractivity contribution in [2.45, 2.75) is 26.2 Å². The first-order valence-electron chi connectivity index (χ1n) is 9.11. The Balaban J connectivity index is 1.47. The summed E-state index contributed by atoms with van der Waals surface area (Å²) in [4.78, 5) is 12.2. The molecule has 0 atom stereocenters. The maximum Gasteiger partial charge on any atom is 0.324 e. The predicted octanol–water partition coefficient (Wildman–Crippen LogP) is 5.01. The van der Waals surface area contributed by atoms with Crippen molar-refractivity contribution in [2.75, 3.05) is 16.4 Å². The Bertz CT molecular complexity index is 1170. The first-order chi connectivity index (χ1) is 13.8. The van der Waals surface area contributed by atoms with Crippen molar-refractivity contribution in [2.24, 2.45) is 0 Å². The van der Waals surface area contributed by atoms with Crippen LogP contribution in [0.25, 0.3) is 22.1 Å². The molecule has 0 aliphatic rings. The van der Waals surface area contributed by atoms with Crippen molar-refractivity contribution in [1.82, 2.24) is 10.3 Å². The molecule has 2 heterocycles. The normalized spacial score (nSPS) is 11.6. The summed E-state index contributed by atoms with van der Waals surface area (Å²) in [7, 11) is 0. The van der Waals surface area contributed by atoms with Gasteiger partial charge >= 0.3 is 6.03 Å². The molecule has 148 valence electrons. The fourth-order valence-electron chi connectivity index (χ4n) is 2.96. The summed E-state index contributed by atoms with van der Waals surface area (Å²) in [6, 6.07) is 14.4. The van der Waals surface area contributed by atoms with Crippen molar-refractivity contribution in [3.8, 4) is 11.1 Å². The standard InChI is InChI=1S/C21H21N5O3/c1-21(2,3)16-11-17(25-29-16)24-20(27)23-13-9-7-12(8-10-13)14-5-4-6-15-18(14)19(22)26-28-15/h4-11H,1-3H3,(H2,22,26)(H2,23,24,25,27). The van der Waals surface area contributed by atoms with Gasteiger partial charge in [-0.2, -0.15) is 0 Å². The molecular weight excluding hydrogens is 370 g/mol. The van der Waals surface area contributed by atoms with Gasteiger partial charge in [-0.15, -0.1) is 0 Å². The lowest BCUT2D eigenvalue weighted by Gasteiger charge is -2.12. The summed E-state index contributed by atoms with van der Waals surface area (Å²) in [6.45, 7) is 6.02. The van der Waals surface area contributed by atoms with Crippen LogP contribution in [0.4, 0.5) is 22.1 Å².